The summed E-state index contributed by atoms with van der Waals surface area (Å²) in [5.74, 6) is -0.0559. The zero-order valence-electron chi connectivity index (χ0n) is 10.3. The molecule has 1 aromatic carbocycles. The molecule has 0 radical (unpaired) electrons. The van der Waals surface area contributed by atoms with Crippen LogP contribution in [0.2, 0.25) is 0 Å². The molecule has 1 saturated carbocycles. The summed E-state index contributed by atoms with van der Waals surface area (Å²) in [6.07, 6.45) is 2.97. The van der Waals surface area contributed by atoms with Crippen LogP contribution in [0.3, 0.4) is 0 Å². The van der Waals surface area contributed by atoms with E-state index in [0.717, 1.165) is 24.9 Å². The number of carbonyl (C=O) groups excluding carboxylic acids is 1. The van der Waals surface area contributed by atoms with E-state index >= 15 is 0 Å². The van der Waals surface area contributed by atoms with Gasteiger partial charge in [0.15, 0.2) is 0 Å². The lowest BCUT2D eigenvalue weighted by atomic mass is 9.78. The van der Waals surface area contributed by atoms with Gasteiger partial charge in [0.1, 0.15) is 5.54 Å². The third-order valence-electron chi connectivity index (χ3n) is 3.25. The molecule has 0 aromatic heterocycles. The maximum atomic E-state index is 11.7. The van der Waals surface area contributed by atoms with Gasteiger partial charge in [0.2, 0.25) is 5.91 Å². The number of nitrogens with one attached hydrogen (secondary N) is 2. The minimum Gasteiger partial charge on any atom is -0.385 e. The first-order valence-corrected chi connectivity index (χ1v) is 6.25. The Bertz CT molecular complexity index is 446. The smallest absolute Gasteiger partial charge is 0.223 e. The molecule has 94 valence electrons. The lowest BCUT2D eigenvalue weighted by Crippen LogP contribution is -2.52. The van der Waals surface area contributed by atoms with Crippen LogP contribution in [0.25, 0.3) is 0 Å². The molecule has 1 amide bonds. The van der Waals surface area contributed by atoms with E-state index in [2.05, 4.69) is 16.7 Å². The Hall–Kier alpha value is -2.02. The van der Waals surface area contributed by atoms with Gasteiger partial charge in [0.05, 0.1) is 6.07 Å². The summed E-state index contributed by atoms with van der Waals surface area (Å²) in [5, 5.41) is 15.0. The van der Waals surface area contributed by atoms with E-state index in [1.54, 1.807) is 0 Å². The second kappa shape index (κ2) is 5.54. The van der Waals surface area contributed by atoms with Crippen molar-refractivity contribution in [1.29, 1.82) is 5.26 Å². The maximum absolute atomic E-state index is 11.7. The molecule has 0 heterocycles. The number of carbonyl (C=O) groups is 1. The molecular formula is C14H17N3O. The van der Waals surface area contributed by atoms with Crippen LogP contribution < -0.4 is 10.6 Å². The Morgan fingerprint density at radius 3 is 2.61 bits per heavy atom. The van der Waals surface area contributed by atoms with Gasteiger partial charge < -0.3 is 10.6 Å². The standard InChI is InChI=1S/C14H17N3O/c15-11-14(8-4-9-14)17-13(18)7-10-16-12-5-2-1-3-6-12/h1-3,5-6,16H,4,7-10H2,(H,17,18). The number of benzene rings is 1. The first-order chi connectivity index (χ1) is 8.74. The third kappa shape index (κ3) is 3.01. The first-order valence-electron chi connectivity index (χ1n) is 6.25. The van der Waals surface area contributed by atoms with Crippen molar-refractivity contribution < 1.29 is 4.79 Å². The second-order valence-corrected chi connectivity index (χ2v) is 4.64. The first kappa shape index (κ1) is 12.4. The van der Waals surface area contributed by atoms with Crippen molar-refractivity contribution >= 4 is 11.6 Å². The summed E-state index contributed by atoms with van der Waals surface area (Å²) in [6.45, 7) is 0.581. The number of anilines is 1. The highest BCUT2D eigenvalue weighted by molar-refractivity contribution is 5.78. The number of nitrogens with zero attached hydrogens (tertiary/aromatic N) is 1. The zero-order chi connectivity index (χ0) is 12.8. The molecule has 1 aliphatic rings. The van der Waals surface area contributed by atoms with Crippen molar-refractivity contribution in [2.45, 2.75) is 31.2 Å². The number of rotatable bonds is 5. The average Bonchev–Trinajstić information content (AvgIpc) is 2.35. The van der Waals surface area contributed by atoms with E-state index < -0.39 is 5.54 Å². The number of hydrogen-bond acceptors (Lipinski definition) is 3. The molecule has 0 saturated heterocycles. The molecule has 4 nitrogen and oxygen atoms in total. The summed E-state index contributed by atoms with van der Waals surface area (Å²) >= 11 is 0. The van der Waals surface area contributed by atoms with Crippen LogP contribution in [0, 0.1) is 11.3 Å². The van der Waals surface area contributed by atoms with Crippen LogP contribution in [0.5, 0.6) is 0 Å². The molecule has 1 aromatic rings. The zero-order valence-corrected chi connectivity index (χ0v) is 10.3. The molecule has 0 atom stereocenters. The van der Waals surface area contributed by atoms with E-state index in [1.165, 1.54) is 0 Å². The molecule has 1 fully saturated rings. The summed E-state index contributed by atoms with van der Waals surface area (Å²) < 4.78 is 0. The lowest BCUT2D eigenvalue weighted by molar-refractivity contribution is -0.123. The van der Waals surface area contributed by atoms with Gasteiger partial charge in [-0.3, -0.25) is 4.79 Å². The van der Waals surface area contributed by atoms with Crippen LogP contribution in [-0.4, -0.2) is 18.0 Å². The van der Waals surface area contributed by atoms with E-state index in [-0.39, 0.29) is 5.91 Å². The Kier molecular flexibility index (Phi) is 3.83. The quantitative estimate of drug-likeness (QED) is 0.831. The van der Waals surface area contributed by atoms with Gasteiger partial charge in [-0.25, -0.2) is 0 Å². The van der Waals surface area contributed by atoms with Crippen LogP contribution in [0.1, 0.15) is 25.7 Å². The van der Waals surface area contributed by atoms with E-state index in [4.69, 9.17) is 5.26 Å². The summed E-state index contributed by atoms with van der Waals surface area (Å²) in [4.78, 5) is 11.7. The Labute approximate surface area is 107 Å². The molecule has 4 heteroatoms. The Morgan fingerprint density at radius 1 is 1.33 bits per heavy atom. The number of hydrogen-bond donors (Lipinski definition) is 2. The van der Waals surface area contributed by atoms with Crippen molar-refractivity contribution in [2.24, 2.45) is 0 Å². The van der Waals surface area contributed by atoms with Crippen LogP contribution in [0.4, 0.5) is 5.69 Å². The molecule has 0 unspecified atom stereocenters. The maximum Gasteiger partial charge on any atom is 0.223 e. The van der Waals surface area contributed by atoms with Gasteiger partial charge >= 0.3 is 0 Å². The van der Waals surface area contributed by atoms with E-state index in [9.17, 15) is 4.79 Å². The monoisotopic (exact) mass is 243 g/mol. The second-order valence-electron chi connectivity index (χ2n) is 4.64. The molecule has 18 heavy (non-hydrogen) atoms. The molecule has 0 bridgehead atoms. The molecular weight excluding hydrogens is 226 g/mol. The van der Waals surface area contributed by atoms with Crippen LogP contribution in [-0.2, 0) is 4.79 Å². The molecule has 0 spiro atoms. The predicted molar refractivity (Wildman–Crippen MR) is 69.9 cm³/mol. The minimum absolute atomic E-state index is 0.0559. The SMILES string of the molecule is N#CC1(NC(=O)CCNc2ccccc2)CCC1. The van der Waals surface area contributed by atoms with Gasteiger partial charge in [0.25, 0.3) is 0 Å². The van der Waals surface area contributed by atoms with Crippen molar-refractivity contribution in [3.63, 3.8) is 0 Å². The van der Waals surface area contributed by atoms with Crippen LogP contribution >= 0.6 is 0 Å². The van der Waals surface area contributed by atoms with Crippen molar-refractivity contribution in [2.75, 3.05) is 11.9 Å². The Balaban J connectivity index is 1.71. The summed E-state index contributed by atoms with van der Waals surface area (Å²) in [5.41, 5.74) is 0.424. The van der Waals surface area contributed by atoms with Gasteiger partial charge in [-0.1, -0.05) is 18.2 Å². The fourth-order valence-corrected chi connectivity index (χ4v) is 2.00. The van der Waals surface area contributed by atoms with Crippen molar-refractivity contribution in [3.8, 4) is 6.07 Å². The largest absolute Gasteiger partial charge is 0.385 e. The summed E-state index contributed by atoms with van der Waals surface area (Å²) in [6, 6.07) is 12.0. The fraction of sp³-hybridized carbons (Fsp3) is 0.429. The normalized spacial score (nSPS) is 16.2. The number of amides is 1. The molecule has 2 N–H and O–H groups in total. The number of nitriles is 1. The minimum atomic E-state index is -0.580. The van der Waals surface area contributed by atoms with Crippen LogP contribution in [0.15, 0.2) is 30.3 Å². The lowest BCUT2D eigenvalue weighted by Gasteiger charge is -2.35. The van der Waals surface area contributed by atoms with Crippen molar-refractivity contribution in [1.82, 2.24) is 5.32 Å². The van der Waals surface area contributed by atoms with Gasteiger partial charge in [-0.15, -0.1) is 0 Å². The fourth-order valence-electron chi connectivity index (χ4n) is 2.00. The highest BCUT2D eigenvalue weighted by Crippen LogP contribution is 2.30. The van der Waals surface area contributed by atoms with Crippen molar-refractivity contribution in [3.05, 3.63) is 30.3 Å². The Morgan fingerprint density at radius 2 is 2.06 bits per heavy atom. The van der Waals surface area contributed by atoms with Gasteiger partial charge in [0, 0.05) is 18.7 Å². The predicted octanol–water partition coefficient (Wildman–Crippen LogP) is 2.05. The topological polar surface area (TPSA) is 64.9 Å². The van der Waals surface area contributed by atoms with E-state index in [0.29, 0.717) is 13.0 Å². The average molecular weight is 243 g/mol. The van der Waals surface area contributed by atoms with Gasteiger partial charge in [-0.05, 0) is 31.4 Å². The molecule has 2 rings (SSSR count). The highest BCUT2D eigenvalue weighted by Gasteiger charge is 2.38. The molecule has 1 aliphatic carbocycles. The van der Waals surface area contributed by atoms with Gasteiger partial charge in [-0.2, -0.15) is 5.26 Å². The molecule has 0 aliphatic heterocycles. The van der Waals surface area contributed by atoms with E-state index in [1.807, 2.05) is 30.3 Å². The summed E-state index contributed by atoms with van der Waals surface area (Å²) in [7, 11) is 0. The number of para-hydroxylation sites is 1. The third-order valence-corrected chi connectivity index (χ3v) is 3.25. The highest BCUT2D eigenvalue weighted by atomic mass is 16.1.